The average molecular weight is 722 g/mol. The van der Waals surface area contributed by atoms with Crippen molar-refractivity contribution in [3.05, 3.63) is 112 Å². The zero-order valence-electron chi connectivity index (χ0n) is 27.8. The Kier molecular flexibility index (Phi) is 8.67. The molecule has 7 aromatic rings. The summed E-state index contributed by atoms with van der Waals surface area (Å²) in [6, 6.07) is 26.0. The second-order valence-electron chi connectivity index (χ2n) is 11.8. The predicted octanol–water partition coefficient (Wildman–Crippen LogP) is 10.8. The Balaban J connectivity index is 1.47. The highest BCUT2D eigenvalue weighted by Crippen LogP contribution is 2.53. The molecule has 0 bridgehead atoms. The van der Waals surface area contributed by atoms with Gasteiger partial charge in [-0.2, -0.15) is 0 Å². The smallest absolute Gasteiger partial charge is 0.337 e. The van der Waals surface area contributed by atoms with E-state index in [0.717, 1.165) is 10.8 Å². The molecule has 0 aliphatic heterocycles. The predicted molar refractivity (Wildman–Crippen MR) is 201 cm³/mol. The minimum absolute atomic E-state index is 0.00109. The third kappa shape index (κ3) is 5.53. The van der Waals surface area contributed by atoms with Gasteiger partial charge < -0.3 is 34.3 Å². The summed E-state index contributed by atoms with van der Waals surface area (Å²) in [5, 5.41) is 38.3. The number of ether oxygens (including phenoxy) is 4. The molecular formula is C41H30Cl2O8. The lowest BCUT2D eigenvalue weighted by atomic mass is 9.90. The highest BCUT2D eigenvalue weighted by molar-refractivity contribution is 6.38. The standard InChI is InChI=1S/C41H30Cl2O8/c1-20-33(38(45)26-7-5-6-8-27(26)40(20)49-3)34-28-18-24(13-9-21(28)11-15-30(34)44)51-31-16-12-22-17-23(41(47)50-4)10-14-25(22)35(31)36-37(43)32(48-2)19-29(42)39(36)46/h5-19,44-46H,1-4H3. The van der Waals surface area contributed by atoms with Crippen molar-refractivity contribution >= 4 is 61.5 Å². The molecule has 0 saturated heterocycles. The Bertz CT molecular complexity index is 2560. The van der Waals surface area contributed by atoms with Gasteiger partial charge >= 0.3 is 5.97 Å². The van der Waals surface area contributed by atoms with E-state index in [1.54, 1.807) is 67.8 Å². The van der Waals surface area contributed by atoms with Gasteiger partial charge in [-0.05, 0) is 64.9 Å². The van der Waals surface area contributed by atoms with Gasteiger partial charge in [0.2, 0.25) is 0 Å². The van der Waals surface area contributed by atoms with Crippen LogP contribution >= 0.6 is 23.2 Å². The van der Waals surface area contributed by atoms with E-state index in [1.165, 1.54) is 20.3 Å². The summed E-state index contributed by atoms with van der Waals surface area (Å²) >= 11 is 13.3. The van der Waals surface area contributed by atoms with Gasteiger partial charge in [0.25, 0.3) is 0 Å². The molecule has 0 amide bonds. The highest BCUT2D eigenvalue weighted by Gasteiger charge is 2.26. The van der Waals surface area contributed by atoms with Crippen LogP contribution in [0.5, 0.6) is 40.2 Å². The molecule has 0 fully saturated rings. The van der Waals surface area contributed by atoms with Gasteiger partial charge in [-0.1, -0.05) is 71.7 Å². The highest BCUT2D eigenvalue weighted by atomic mass is 35.5. The lowest BCUT2D eigenvalue weighted by Crippen LogP contribution is -2.01. The van der Waals surface area contributed by atoms with Crippen molar-refractivity contribution in [1.82, 2.24) is 0 Å². The van der Waals surface area contributed by atoms with E-state index in [2.05, 4.69) is 0 Å². The first-order valence-corrected chi connectivity index (χ1v) is 16.5. The zero-order valence-corrected chi connectivity index (χ0v) is 29.3. The molecule has 0 aliphatic carbocycles. The van der Waals surface area contributed by atoms with Crippen molar-refractivity contribution < 1.29 is 39.1 Å². The van der Waals surface area contributed by atoms with Crippen LogP contribution in [0.25, 0.3) is 54.6 Å². The van der Waals surface area contributed by atoms with Crippen molar-refractivity contribution in [2.24, 2.45) is 0 Å². The maximum Gasteiger partial charge on any atom is 0.337 e. The lowest BCUT2D eigenvalue weighted by molar-refractivity contribution is 0.0601. The topological polar surface area (TPSA) is 115 Å². The third-order valence-electron chi connectivity index (χ3n) is 9.06. The number of carbonyl (C=O) groups excluding carboxylic acids is 1. The largest absolute Gasteiger partial charge is 0.507 e. The Morgan fingerprint density at radius 3 is 2.08 bits per heavy atom. The summed E-state index contributed by atoms with van der Waals surface area (Å²) in [6.07, 6.45) is 0. The van der Waals surface area contributed by atoms with Crippen LogP contribution in [0.15, 0.2) is 91.0 Å². The van der Waals surface area contributed by atoms with E-state index >= 15 is 0 Å². The van der Waals surface area contributed by atoms with Crippen LogP contribution in [0.1, 0.15) is 15.9 Å². The Morgan fingerprint density at radius 2 is 1.35 bits per heavy atom. The molecule has 0 saturated carbocycles. The molecule has 51 heavy (non-hydrogen) atoms. The van der Waals surface area contributed by atoms with Crippen LogP contribution in [0.4, 0.5) is 0 Å². The van der Waals surface area contributed by atoms with E-state index in [4.69, 9.17) is 42.1 Å². The first kappa shape index (κ1) is 33.7. The minimum atomic E-state index is -0.510. The fraction of sp³-hybridized carbons (Fsp3) is 0.0976. The number of fused-ring (bicyclic) bond motifs is 3. The minimum Gasteiger partial charge on any atom is -0.507 e. The first-order valence-electron chi connectivity index (χ1n) is 15.7. The van der Waals surface area contributed by atoms with Gasteiger partial charge in [-0.3, -0.25) is 0 Å². The molecule has 256 valence electrons. The number of rotatable bonds is 7. The fourth-order valence-corrected chi connectivity index (χ4v) is 7.20. The number of hydrogen-bond donors (Lipinski definition) is 3. The third-order valence-corrected chi connectivity index (χ3v) is 9.72. The summed E-state index contributed by atoms with van der Waals surface area (Å²) in [5.41, 5.74) is 2.33. The van der Waals surface area contributed by atoms with Crippen LogP contribution in [0.2, 0.25) is 10.0 Å². The molecule has 0 atom stereocenters. The maximum absolute atomic E-state index is 12.4. The fourth-order valence-electron chi connectivity index (χ4n) is 6.69. The van der Waals surface area contributed by atoms with Gasteiger partial charge in [0.05, 0.1) is 42.5 Å². The SMILES string of the molecule is COC(=O)c1ccc2c(-c3c(O)c(Cl)cc(OC)c3Cl)c(Oc3ccc4ccc(O)c(-c5c(C)c(OC)c6ccccc6c5O)c4c3)ccc2c1. The molecule has 0 aromatic heterocycles. The number of halogens is 2. The number of phenolic OH excluding ortho intramolecular Hbond substituents is 3. The number of methoxy groups -OCH3 is 3. The van der Waals surface area contributed by atoms with E-state index in [1.807, 2.05) is 31.2 Å². The van der Waals surface area contributed by atoms with Crippen LogP contribution in [-0.2, 0) is 4.74 Å². The summed E-state index contributed by atoms with van der Waals surface area (Å²) in [6.45, 7) is 1.83. The van der Waals surface area contributed by atoms with Crippen LogP contribution < -0.4 is 14.2 Å². The normalized spacial score (nSPS) is 11.3. The number of carbonyl (C=O) groups is 1. The van der Waals surface area contributed by atoms with Gasteiger partial charge in [-0.25, -0.2) is 4.79 Å². The number of aromatic hydroxyl groups is 3. The number of hydrogen-bond acceptors (Lipinski definition) is 8. The zero-order chi connectivity index (χ0) is 36.1. The number of esters is 1. The summed E-state index contributed by atoms with van der Waals surface area (Å²) in [4.78, 5) is 12.4. The van der Waals surface area contributed by atoms with Crippen LogP contribution in [0, 0.1) is 6.92 Å². The monoisotopic (exact) mass is 720 g/mol. The van der Waals surface area contributed by atoms with Crippen LogP contribution in [-0.4, -0.2) is 42.6 Å². The Labute approximate surface area is 302 Å². The summed E-state index contributed by atoms with van der Waals surface area (Å²) in [7, 11) is 4.31. The van der Waals surface area contributed by atoms with E-state index in [0.29, 0.717) is 66.6 Å². The molecule has 0 unspecified atom stereocenters. The van der Waals surface area contributed by atoms with Gasteiger partial charge in [-0.15, -0.1) is 0 Å². The Hall–Kier alpha value is -5.83. The van der Waals surface area contributed by atoms with Crippen LogP contribution in [0.3, 0.4) is 0 Å². The van der Waals surface area contributed by atoms with E-state index < -0.39 is 5.97 Å². The Morgan fingerprint density at radius 1 is 0.627 bits per heavy atom. The van der Waals surface area contributed by atoms with Crippen molar-refractivity contribution in [1.29, 1.82) is 0 Å². The first-order chi connectivity index (χ1) is 24.6. The molecule has 10 heteroatoms. The maximum atomic E-state index is 12.4. The van der Waals surface area contributed by atoms with Crippen molar-refractivity contribution in [3.63, 3.8) is 0 Å². The lowest BCUT2D eigenvalue weighted by Gasteiger charge is -2.20. The molecule has 0 aliphatic rings. The second kappa shape index (κ2) is 13.1. The van der Waals surface area contributed by atoms with Crippen molar-refractivity contribution in [2.45, 2.75) is 6.92 Å². The molecule has 0 radical (unpaired) electrons. The molecular weight excluding hydrogens is 691 g/mol. The molecule has 3 N–H and O–H groups in total. The van der Waals surface area contributed by atoms with Gasteiger partial charge in [0.1, 0.15) is 40.2 Å². The molecule has 8 nitrogen and oxygen atoms in total. The van der Waals surface area contributed by atoms with Crippen molar-refractivity contribution in [2.75, 3.05) is 21.3 Å². The molecule has 0 heterocycles. The number of benzene rings is 7. The second-order valence-corrected chi connectivity index (χ2v) is 12.6. The molecule has 0 spiro atoms. The average Bonchev–Trinajstić information content (AvgIpc) is 3.14. The van der Waals surface area contributed by atoms with Gasteiger partial charge in [0, 0.05) is 39.1 Å². The van der Waals surface area contributed by atoms with E-state index in [-0.39, 0.29) is 38.6 Å². The summed E-state index contributed by atoms with van der Waals surface area (Å²) < 4.78 is 22.8. The quantitative estimate of drug-likeness (QED) is 0.139. The molecule has 7 aromatic carbocycles. The summed E-state index contributed by atoms with van der Waals surface area (Å²) in [5.74, 6) is 0.621. The van der Waals surface area contributed by atoms with E-state index in [9.17, 15) is 20.1 Å². The number of phenols is 3. The van der Waals surface area contributed by atoms with Gasteiger partial charge in [0.15, 0.2) is 0 Å². The van der Waals surface area contributed by atoms with Crippen molar-refractivity contribution in [3.8, 4) is 62.5 Å². The molecule has 7 rings (SSSR count).